The lowest BCUT2D eigenvalue weighted by molar-refractivity contribution is 0.102. The first-order valence-electron chi connectivity index (χ1n) is 11.3. The molecule has 2 aliphatic rings. The van der Waals surface area contributed by atoms with Crippen LogP contribution in [0.25, 0.3) is 0 Å². The first kappa shape index (κ1) is 20.6. The van der Waals surface area contributed by atoms with Crippen molar-refractivity contribution in [3.63, 3.8) is 0 Å². The number of benzene rings is 3. The first-order valence-corrected chi connectivity index (χ1v) is 11.3. The Morgan fingerprint density at radius 2 is 1.62 bits per heavy atom. The van der Waals surface area contributed by atoms with Gasteiger partial charge in [0.05, 0.1) is 0 Å². The molecule has 1 fully saturated rings. The van der Waals surface area contributed by atoms with Crippen molar-refractivity contribution in [2.75, 3.05) is 25.2 Å². The van der Waals surface area contributed by atoms with Gasteiger partial charge in [0, 0.05) is 23.9 Å². The minimum atomic E-state index is -0.128. The van der Waals surface area contributed by atoms with Crippen molar-refractivity contribution in [1.82, 2.24) is 4.90 Å². The second-order valence-electron chi connectivity index (χ2n) is 8.63. The number of hydrogen-bond acceptors (Lipinski definition) is 4. The third kappa shape index (κ3) is 4.94. The summed E-state index contributed by atoms with van der Waals surface area (Å²) in [7, 11) is 0. The van der Waals surface area contributed by atoms with Crippen LogP contribution in [0.15, 0.2) is 72.8 Å². The Kier molecular flexibility index (Phi) is 6.08. The van der Waals surface area contributed by atoms with Gasteiger partial charge in [0.15, 0.2) is 11.5 Å². The molecule has 0 bridgehead atoms. The molecule has 0 spiro atoms. The summed E-state index contributed by atoms with van der Waals surface area (Å²) in [5.41, 5.74) is 4.03. The van der Waals surface area contributed by atoms with E-state index in [9.17, 15) is 4.79 Å². The molecule has 0 radical (unpaired) electrons. The maximum absolute atomic E-state index is 12.6. The maximum Gasteiger partial charge on any atom is 0.255 e. The Morgan fingerprint density at radius 1 is 0.875 bits per heavy atom. The molecule has 3 aromatic carbocycles. The van der Waals surface area contributed by atoms with Crippen LogP contribution in [0, 0.1) is 5.92 Å². The van der Waals surface area contributed by atoms with Crippen molar-refractivity contribution in [1.29, 1.82) is 0 Å². The predicted molar refractivity (Wildman–Crippen MR) is 125 cm³/mol. The van der Waals surface area contributed by atoms with E-state index >= 15 is 0 Å². The predicted octanol–water partition coefficient (Wildman–Crippen LogP) is 5.12. The summed E-state index contributed by atoms with van der Waals surface area (Å²) in [6.07, 6.45) is 3.66. The quantitative estimate of drug-likeness (QED) is 0.592. The van der Waals surface area contributed by atoms with Crippen LogP contribution in [0.2, 0.25) is 0 Å². The molecule has 0 saturated carbocycles. The number of amides is 1. The second-order valence-corrected chi connectivity index (χ2v) is 8.63. The molecule has 0 aromatic heterocycles. The van der Waals surface area contributed by atoms with Crippen LogP contribution in [0.4, 0.5) is 5.69 Å². The van der Waals surface area contributed by atoms with Crippen LogP contribution < -0.4 is 14.8 Å². The summed E-state index contributed by atoms with van der Waals surface area (Å²) in [6, 6.07) is 24.1. The molecule has 1 N–H and O–H groups in total. The lowest BCUT2D eigenvalue weighted by Crippen LogP contribution is -2.33. The molecule has 0 atom stereocenters. The molecular formula is C27H28N2O3. The minimum Gasteiger partial charge on any atom is -0.454 e. The summed E-state index contributed by atoms with van der Waals surface area (Å²) in [6.45, 7) is 3.41. The molecule has 164 valence electrons. The number of piperidine rings is 1. The van der Waals surface area contributed by atoms with E-state index in [1.165, 1.54) is 30.4 Å². The molecule has 0 unspecified atom stereocenters. The van der Waals surface area contributed by atoms with Crippen molar-refractivity contribution in [2.24, 2.45) is 5.92 Å². The number of carbonyl (C=O) groups is 1. The highest BCUT2D eigenvalue weighted by Crippen LogP contribution is 2.34. The average molecular weight is 429 g/mol. The summed E-state index contributed by atoms with van der Waals surface area (Å²) in [4.78, 5) is 15.1. The van der Waals surface area contributed by atoms with E-state index in [4.69, 9.17) is 9.47 Å². The van der Waals surface area contributed by atoms with Crippen LogP contribution in [0.3, 0.4) is 0 Å². The lowest BCUT2D eigenvalue weighted by atomic mass is 9.90. The fourth-order valence-corrected chi connectivity index (χ4v) is 4.49. The van der Waals surface area contributed by atoms with E-state index in [1.54, 1.807) is 6.07 Å². The van der Waals surface area contributed by atoms with Crippen LogP contribution in [0.1, 0.15) is 34.3 Å². The van der Waals surface area contributed by atoms with Gasteiger partial charge in [0.25, 0.3) is 5.91 Å². The van der Waals surface area contributed by atoms with Crippen molar-refractivity contribution in [3.05, 3.63) is 89.5 Å². The lowest BCUT2D eigenvalue weighted by Gasteiger charge is -2.32. The molecule has 1 amide bonds. The van der Waals surface area contributed by atoms with E-state index in [1.807, 2.05) is 24.3 Å². The highest BCUT2D eigenvalue weighted by molar-refractivity contribution is 6.04. The van der Waals surface area contributed by atoms with Crippen molar-refractivity contribution >= 4 is 11.6 Å². The fraction of sp³-hybridized carbons (Fsp3) is 0.296. The summed E-state index contributed by atoms with van der Waals surface area (Å²) >= 11 is 0. The normalized spacial score (nSPS) is 16.1. The number of hydrogen-bond donors (Lipinski definition) is 1. The molecule has 0 aliphatic carbocycles. The fourth-order valence-electron chi connectivity index (χ4n) is 4.49. The largest absolute Gasteiger partial charge is 0.454 e. The minimum absolute atomic E-state index is 0.128. The molecular weight excluding hydrogens is 400 g/mol. The highest BCUT2D eigenvalue weighted by Gasteiger charge is 2.20. The van der Waals surface area contributed by atoms with Gasteiger partial charge in [-0.25, -0.2) is 0 Å². The van der Waals surface area contributed by atoms with Crippen molar-refractivity contribution in [2.45, 2.75) is 25.8 Å². The Morgan fingerprint density at radius 3 is 2.41 bits per heavy atom. The van der Waals surface area contributed by atoms with Gasteiger partial charge in [-0.05, 0) is 73.7 Å². The Labute approximate surface area is 189 Å². The number of nitrogens with zero attached hydrogens (tertiary/aromatic N) is 1. The van der Waals surface area contributed by atoms with E-state index in [0.29, 0.717) is 22.7 Å². The number of ether oxygens (including phenoxy) is 2. The van der Waals surface area contributed by atoms with Crippen LogP contribution >= 0.6 is 0 Å². The van der Waals surface area contributed by atoms with Gasteiger partial charge in [-0.2, -0.15) is 0 Å². The van der Waals surface area contributed by atoms with Crippen molar-refractivity contribution in [3.8, 4) is 11.5 Å². The third-order valence-electron chi connectivity index (χ3n) is 6.33. The number of carbonyl (C=O) groups excluding carboxylic acids is 1. The number of nitrogens with one attached hydrogen (secondary N) is 1. The van der Waals surface area contributed by atoms with Gasteiger partial charge in [0.2, 0.25) is 6.79 Å². The standard InChI is InChI=1S/C27H28N2O3/c30-27(28-24-10-11-25-26(17-24)32-19-31-25)23-8-6-22(7-9-23)18-29-14-12-21(13-15-29)16-20-4-2-1-3-5-20/h1-11,17,21H,12-16,18-19H2,(H,28,30). The van der Waals surface area contributed by atoms with Gasteiger partial charge in [-0.15, -0.1) is 0 Å². The Hall–Kier alpha value is -3.31. The van der Waals surface area contributed by atoms with E-state index in [0.717, 1.165) is 25.6 Å². The highest BCUT2D eigenvalue weighted by atomic mass is 16.7. The Bertz CT molecular complexity index is 1060. The maximum atomic E-state index is 12.6. The third-order valence-corrected chi connectivity index (χ3v) is 6.33. The van der Waals surface area contributed by atoms with Crippen LogP contribution in [-0.2, 0) is 13.0 Å². The van der Waals surface area contributed by atoms with Gasteiger partial charge in [-0.3, -0.25) is 9.69 Å². The molecule has 5 heteroatoms. The summed E-state index contributed by atoms with van der Waals surface area (Å²) in [5, 5.41) is 2.93. The van der Waals surface area contributed by atoms with Gasteiger partial charge < -0.3 is 14.8 Å². The molecule has 1 saturated heterocycles. The number of anilines is 1. The molecule has 5 nitrogen and oxygen atoms in total. The first-order chi connectivity index (χ1) is 15.7. The monoisotopic (exact) mass is 428 g/mol. The van der Waals surface area contributed by atoms with E-state index in [2.05, 4.69) is 52.7 Å². The molecule has 3 aromatic rings. The molecule has 2 aliphatic heterocycles. The molecule has 32 heavy (non-hydrogen) atoms. The zero-order chi connectivity index (χ0) is 21.8. The summed E-state index contributed by atoms with van der Waals surface area (Å²) in [5.74, 6) is 2.01. The molecule has 2 heterocycles. The summed E-state index contributed by atoms with van der Waals surface area (Å²) < 4.78 is 10.7. The number of likely N-dealkylation sites (tertiary alicyclic amines) is 1. The van der Waals surface area contributed by atoms with Gasteiger partial charge >= 0.3 is 0 Å². The van der Waals surface area contributed by atoms with E-state index < -0.39 is 0 Å². The van der Waals surface area contributed by atoms with Gasteiger partial charge in [0.1, 0.15) is 0 Å². The van der Waals surface area contributed by atoms with Crippen molar-refractivity contribution < 1.29 is 14.3 Å². The van der Waals surface area contributed by atoms with Crippen LogP contribution in [0.5, 0.6) is 11.5 Å². The van der Waals surface area contributed by atoms with E-state index in [-0.39, 0.29) is 12.7 Å². The topological polar surface area (TPSA) is 50.8 Å². The number of rotatable bonds is 6. The van der Waals surface area contributed by atoms with Gasteiger partial charge in [-0.1, -0.05) is 42.5 Å². The zero-order valence-electron chi connectivity index (χ0n) is 18.1. The smallest absolute Gasteiger partial charge is 0.255 e. The zero-order valence-corrected chi connectivity index (χ0v) is 18.1. The number of fused-ring (bicyclic) bond motifs is 1. The average Bonchev–Trinajstić information content (AvgIpc) is 3.29. The second kappa shape index (κ2) is 9.45. The molecule has 5 rings (SSSR count). The van der Waals surface area contributed by atoms with Crippen LogP contribution in [-0.4, -0.2) is 30.7 Å². The SMILES string of the molecule is O=C(Nc1ccc2c(c1)OCO2)c1ccc(CN2CCC(Cc3ccccc3)CC2)cc1. The Balaban J connectivity index is 1.11.